The van der Waals surface area contributed by atoms with Gasteiger partial charge >= 0.3 is 0 Å². The molecule has 42 heavy (non-hydrogen) atoms. The van der Waals surface area contributed by atoms with Crippen LogP contribution >= 0.6 is 0 Å². The largest absolute Gasteiger partial charge is 0.481 e. The van der Waals surface area contributed by atoms with Crippen LogP contribution in [0.15, 0.2) is 93.9 Å². The van der Waals surface area contributed by atoms with Crippen molar-refractivity contribution in [2.45, 2.75) is 40.7 Å². The number of nitriles is 1. The number of nitrogens with one attached hydrogen (secondary N) is 1. The second kappa shape index (κ2) is 14.3. The van der Waals surface area contributed by atoms with Crippen molar-refractivity contribution in [3.8, 4) is 11.9 Å². The highest BCUT2D eigenvalue weighted by atomic mass is 16.5. The predicted molar refractivity (Wildman–Crippen MR) is 162 cm³/mol. The Morgan fingerprint density at radius 2 is 1.38 bits per heavy atom. The third kappa shape index (κ3) is 5.88. The number of aromatic amines is 1. The van der Waals surface area contributed by atoms with Crippen LogP contribution in [0.5, 0.6) is 5.88 Å². The summed E-state index contributed by atoms with van der Waals surface area (Å²) < 4.78 is 5.22. The summed E-state index contributed by atoms with van der Waals surface area (Å²) in [5, 5.41) is 17.8. The summed E-state index contributed by atoms with van der Waals surface area (Å²) >= 11 is 0. The van der Waals surface area contributed by atoms with Gasteiger partial charge in [0.25, 0.3) is 17.4 Å². The number of carbonyl (C=O) groups excluding carboxylic acids is 2. The Morgan fingerprint density at radius 3 is 1.90 bits per heavy atom. The van der Waals surface area contributed by atoms with E-state index in [-0.39, 0.29) is 39.5 Å². The lowest BCUT2D eigenvalue weighted by Crippen LogP contribution is -2.34. The van der Waals surface area contributed by atoms with E-state index in [1.807, 2.05) is 94.4 Å². The van der Waals surface area contributed by atoms with E-state index in [0.717, 1.165) is 11.1 Å². The van der Waals surface area contributed by atoms with E-state index < -0.39 is 23.4 Å². The van der Waals surface area contributed by atoms with Gasteiger partial charge in [-0.1, -0.05) is 94.4 Å². The molecule has 9 nitrogen and oxygen atoms in total. The summed E-state index contributed by atoms with van der Waals surface area (Å²) in [4.78, 5) is 43.3. The van der Waals surface area contributed by atoms with Gasteiger partial charge in [0.05, 0.1) is 30.0 Å². The number of fused-ring (bicyclic) bond motifs is 1. The third-order valence-electron chi connectivity index (χ3n) is 6.39. The molecule has 0 bridgehead atoms. The van der Waals surface area contributed by atoms with Crippen molar-refractivity contribution in [1.29, 1.82) is 5.26 Å². The van der Waals surface area contributed by atoms with E-state index in [9.17, 15) is 19.6 Å². The van der Waals surface area contributed by atoms with Gasteiger partial charge in [-0.05, 0) is 30.2 Å². The molecule has 1 aliphatic rings. The Bertz CT molecular complexity index is 1650. The minimum Gasteiger partial charge on any atom is -0.481 e. The van der Waals surface area contributed by atoms with E-state index in [2.05, 4.69) is 15.2 Å². The van der Waals surface area contributed by atoms with Crippen LogP contribution in [0.3, 0.4) is 0 Å². The molecule has 1 aromatic heterocycles. The number of nitrogens with zero attached hydrogens (tertiary/aromatic N) is 4. The van der Waals surface area contributed by atoms with Crippen LogP contribution in [0, 0.1) is 18.3 Å². The van der Waals surface area contributed by atoms with Gasteiger partial charge < -0.3 is 4.74 Å². The van der Waals surface area contributed by atoms with Crippen molar-refractivity contribution in [3.63, 3.8) is 0 Å². The van der Waals surface area contributed by atoms with E-state index >= 15 is 0 Å². The van der Waals surface area contributed by atoms with Gasteiger partial charge in [-0.25, -0.2) is 0 Å². The summed E-state index contributed by atoms with van der Waals surface area (Å²) in [6, 6.07) is 24.7. The molecular formula is C33H33N5O4. The average Bonchev–Trinajstić information content (AvgIpc) is 3.29. The molecule has 1 N–H and O–H groups in total. The molecule has 3 aromatic carbocycles. The minimum atomic E-state index is -0.644. The van der Waals surface area contributed by atoms with Gasteiger partial charge in [-0.2, -0.15) is 5.26 Å². The molecule has 2 heterocycles. The van der Waals surface area contributed by atoms with Gasteiger partial charge in [0.1, 0.15) is 11.6 Å². The lowest BCUT2D eigenvalue weighted by atomic mass is 9.97. The van der Waals surface area contributed by atoms with E-state index in [1.165, 1.54) is 12.0 Å². The van der Waals surface area contributed by atoms with Gasteiger partial charge in [0.2, 0.25) is 5.88 Å². The number of benzene rings is 3. The molecule has 9 heteroatoms. The SMILES string of the molecule is CC.CC.COc1[nH]c(=O)c(C#N)c(C)c1N=Nc1cccc2c1C(=O)N(C(c1ccccc1)c1ccccc1)C2=O. The number of hydrogen-bond donors (Lipinski definition) is 1. The molecule has 2 amide bonds. The fourth-order valence-corrected chi connectivity index (χ4v) is 4.56. The molecule has 0 aliphatic carbocycles. The Kier molecular flexibility index (Phi) is 10.6. The number of pyridine rings is 1. The maximum Gasteiger partial charge on any atom is 0.269 e. The van der Waals surface area contributed by atoms with Crippen LogP contribution in [0.4, 0.5) is 11.4 Å². The average molecular weight is 564 g/mol. The molecule has 0 saturated heterocycles. The zero-order chi connectivity index (χ0) is 30.8. The maximum absolute atomic E-state index is 13.9. The molecule has 214 valence electrons. The van der Waals surface area contributed by atoms with Crippen LogP contribution in [0.2, 0.25) is 0 Å². The number of azo groups is 1. The van der Waals surface area contributed by atoms with Crippen molar-refractivity contribution >= 4 is 23.2 Å². The van der Waals surface area contributed by atoms with Gasteiger partial charge in [-0.3, -0.25) is 24.3 Å². The minimum absolute atomic E-state index is 0.0278. The highest BCUT2D eigenvalue weighted by molar-refractivity contribution is 6.23. The smallest absolute Gasteiger partial charge is 0.269 e. The second-order valence-electron chi connectivity index (χ2n) is 8.55. The molecule has 1 aliphatic heterocycles. The summed E-state index contributed by atoms with van der Waals surface area (Å²) in [7, 11) is 1.35. The van der Waals surface area contributed by atoms with E-state index in [1.54, 1.807) is 25.1 Å². The summed E-state index contributed by atoms with van der Waals surface area (Å²) in [5.41, 5.74) is 1.78. The summed E-state index contributed by atoms with van der Waals surface area (Å²) in [6.45, 7) is 9.56. The Hall–Kier alpha value is -5.36. The standard InChI is InChI=1S/C29H21N5O4.2C2H6/c1-17-21(16-30)26(35)31-27(38-2)24(17)33-32-22-15-9-14-20-23(22)29(37)34(28(20)36)25(18-10-5-3-6-11-18)19-12-7-4-8-13-19;2*1-2/h3-15,25H,1-2H3,(H,31,35);2*1-2H3. The number of methoxy groups -OCH3 is 1. The van der Waals surface area contributed by atoms with Crippen LogP contribution in [-0.4, -0.2) is 28.8 Å². The molecule has 0 fully saturated rings. The Morgan fingerprint density at radius 1 is 0.810 bits per heavy atom. The monoisotopic (exact) mass is 563 g/mol. The number of rotatable bonds is 6. The van der Waals surface area contributed by atoms with E-state index in [0.29, 0.717) is 0 Å². The number of carbonyl (C=O) groups is 2. The zero-order valence-electron chi connectivity index (χ0n) is 24.5. The van der Waals surface area contributed by atoms with Crippen LogP contribution in [0.1, 0.15) is 76.7 Å². The molecule has 0 spiro atoms. The number of aromatic nitrogens is 1. The lowest BCUT2D eigenvalue weighted by molar-refractivity contribution is 0.0609. The summed E-state index contributed by atoms with van der Waals surface area (Å²) in [6.07, 6.45) is 0. The zero-order valence-corrected chi connectivity index (χ0v) is 24.5. The van der Waals surface area contributed by atoms with Crippen molar-refractivity contribution in [3.05, 3.63) is 123 Å². The van der Waals surface area contributed by atoms with Crippen LogP contribution < -0.4 is 10.3 Å². The molecule has 5 rings (SSSR count). The van der Waals surface area contributed by atoms with Crippen molar-refractivity contribution in [2.24, 2.45) is 10.2 Å². The van der Waals surface area contributed by atoms with Gasteiger partial charge in [-0.15, -0.1) is 10.2 Å². The fourth-order valence-electron chi connectivity index (χ4n) is 4.56. The normalized spacial score (nSPS) is 11.8. The quantitative estimate of drug-likeness (QED) is 0.193. The highest BCUT2D eigenvalue weighted by Crippen LogP contribution is 2.40. The number of amides is 2. The molecule has 0 saturated carbocycles. The van der Waals surface area contributed by atoms with E-state index in [4.69, 9.17) is 4.74 Å². The van der Waals surface area contributed by atoms with Gasteiger partial charge in [0.15, 0.2) is 5.69 Å². The number of ether oxygens (including phenoxy) is 1. The van der Waals surface area contributed by atoms with Gasteiger partial charge in [0, 0.05) is 5.56 Å². The molecule has 0 radical (unpaired) electrons. The first kappa shape index (κ1) is 31.2. The fraction of sp³-hybridized carbons (Fsp3) is 0.212. The third-order valence-corrected chi connectivity index (χ3v) is 6.39. The van der Waals surface area contributed by atoms with Crippen molar-refractivity contribution in [1.82, 2.24) is 9.88 Å². The molecule has 0 atom stereocenters. The van der Waals surface area contributed by atoms with Crippen molar-refractivity contribution in [2.75, 3.05) is 7.11 Å². The predicted octanol–water partition coefficient (Wildman–Crippen LogP) is 7.42. The highest BCUT2D eigenvalue weighted by Gasteiger charge is 2.42. The first-order valence-corrected chi connectivity index (χ1v) is 13.7. The second-order valence-corrected chi connectivity index (χ2v) is 8.55. The van der Waals surface area contributed by atoms with Crippen LogP contribution in [0.25, 0.3) is 0 Å². The van der Waals surface area contributed by atoms with Crippen molar-refractivity contribution < 1.29 is 14.3 Å². The molecule has 0 unspecified atom stereocenters. The molecular weight excluding hydrogens is 530 g/mol. The Labute approximate surface area is 245 Å². The lowest BCUT2D eigenvalue weighted by Gasteiger charge is -2.27. The topological polar surface area (TPSA) is 128 Å². The number of hydrogen-bond acceptors (Lipinski definition) is 7. The number of H-pyrrole nitrogens is 1. The Balaban J connectivity index is 0.00000116. The summed E-state index contributed by atoms with van der Waals surface area (Å²) in [5.74, 6) is -0.912. The number of imide groups is 1. The van der Waals surface area contributed by atoms with Crippen LogP contribution in [-0.2, 0) is 0 Å². The first-order valence-electron chi connectivity index (χ1n) is 13.7. The molecule has 4 aromatic rings. The first-order chi connectivity index (χ1) is 20.5. The maximum atomic E-state index is 13.9.